The van der Waals surface area contributed by atoms with Crippen LogP contribution in [0.15, 0.2) is 53.5 Å². The van der Waals surface area contributed by atoms with Crippen molar-refractivity contribution in [3.8, 4) is 0 Å². The molecule has 160 valence electrons. The molecule has 0 amide bonds. The summed E-state index contributed by atoms with van der Waals surface area (Å²) in [4.78, 5) is 29.3. The van der Waals surface area contributed by atoms with Crippen LogP contribution < -0.4 is 0 Å². The third-order valence-electron chi connectivity index (χ3n) is 5.74. The van der Waals surface area contributed by atoms with Crippen molar-refractivity contribution in [3.05, 3.63) is 48.5 Å². The summed E-state index contributed by atoms with van der Waals surface area (Å²) in [5.74, 6) is -2.45. The number of carbonyl (C=O) groups excluding carboxylic acids is 2. The molecule has 5 rings (SSSR count). The number of halogens is 1. The number of aromatic nitrogens is 1. The number of carbonyl (C=O) groups is 2. The monoisotopic (exact) mass is 424 g/mol. The van der Waals surface area contributed by atoms with E-state index >= 15 is 0 Å². The Bertz CT molecular complexity index is 1180. The molecular formula is C23H21FN2O5. The van der Waals surface area contributed by atoms with Gasteiger partial charge in [0.05, 0.1) is 17.5 Å². The zero-order valence-corrected chi connectivity index (χ0v) is 17.1. The first-order chi connectivity index (χ1) is 14.9. The van der Waals surface area contributed by atoms with Crippen molar-refractivity contribution >= 4 is 39.8 Å². The number of benzene rings is 2. The van der Waals surface area contributed by atoms with Crippen LogP contribution in [0.3, 0.4) is 0 Å². The lowest BCUT2D eigenvalue weighted by molar-refractivity contribution is -0.186. The molecule has 7 nitrogen and oxygen atoms in total. The van der Waals surface area contributed by atoms with Crippen LogP contribution in [0.4, 0.5) is 9.18 Å². The predicted molar refractivity (Wildman–Crippen MR) is 112 cm³/mol. The molecule has 2 aliphatic rings. The number of hydrogen-bond donors (Lipinski definition) is 0. The van der Waals surface area contributed by atoms with Gasteiger partial charge in [0.25, 0.3) is 0 Å². The molecule has 1 saturated heterocycles. The Morgan fingerprint density at radius 3 is 2.32 bits per heavy atom. The van der Waals surface area contributed by atoms with Crippen molar-refractivity contribution < 1.29 is 28.2 Å². The van der Waals surface area contributed by atoms with Crippen LogP contribution in [0.25, 0.3) is 21.8 Å². The number of alkyl halides is 1. The van der Waals surface area contributed by atoms with Crippen molar-refractivity contribution in [2.24, 2.45) is 10.9 Å². The highest BCUT2D eigenvalue weighted by Gasteiger charge is 2.58. The average molecular weight is 424 g/mol. The van der Waals surface area contributed by atoms with E-state index in [-0.39, 0.29) is 18.2 Å². The zero-order valence-electron chi connectivity index (χ0n) is 17.1. The van der Waals surface area contributed by atoms with Crippen molar-refractivity contribution in [2.75, 3.05) is 6.67 Å². The fourth-order valence-corrected chi connectivity index (χ4v) is 4.23. The molecule has 0 aliphatic carbocycles. The topological polar surface area (TPSA) is 79.1 Å². The molecule has 2 aromatic carbocycles. The molecule has 31 heavy (non-hydrogen) atoms. The lowest BCUT2D eigenvalue weighted by Crippen LogP contribution is -2.43. The van der Waals surface area contributed by atoms with Crippen LogP contribution in [0, 0.1) is 5.92 Å². The fourth-order valence-electron chi connectivity index (χ4n) is 4.23. The zero-order chi connectivity index (χ0) is 21.8. The van der Waals surface area contributed by atoms with E-state index in [1.165, 1.54) is 4.57 Å². The lowest BCUT2D eigenvalue weighted by Gasteiger charge is -2.26. The quantitative estimate of drug-likeness (QED) is 0.586. The molecule has 1 aromatic heterocycles. The van der Waals surface area contributed by atoms with Gasteiger partial charge in [0.2, 0.25) is 5.90 Å². The van der Waals surface area contributed by atoms with E-state index in [2.05, 4.69) is 4.99 Å². The van der Waals surface area contributed by atoms with Crippen LogP contribution >= 0.6 is 0 Å². The van der Waals surface area contributed by atoms with Crippen molar-refractivity contribution in [1.82, 2.24) is 4.57 Å². The molecule has 3 atom stereocenters. The Labute approximate surface area is 177 Å². The maximum atomic E-state index is 13.7. The summed E-state index contributed by atoms with van der Waals surface area (Å²) in [6.45, 7) is 2.66. The van der Waals surface area contributed by atoms with Crippen molar-refractivity contribution in [2.45, 2.75) is 38.2 Å². The molecule has 1 fully saturated rings. The van der Waals surface area contributed by atoms with Gasteiger partial charge in [-0.1, -0.05) is 50.2 Å². The van der Waals surface area contributed by atoms with E-state index in [0.29, 0.717) is 0 Å². The van der Waals surface area contributed by atoms with Crippen LogP contribution in [-0.4, -0.2) is 47.1 Å². The normalized spacial score (nSPS) is 23.5. The first-order valence-electron chi connectivity index (χ1n) is 10.2. The first kappa shape index (κ1) is 19.5. The second-order valence-corrected chi connectivity index (χ2v) is 8.13. The second-order valence-electron chi connectivity index (χ2n) is 8.13. The Balaban J connectivity index is 1.51. The molecule has 3 aromatic rings. The van der Waals surface area contributed by atoms with Gasteiger partial charge >= 0.3 is 17.8 Å². The van der Waals surface area contributed by atoms with Gasteiger partial charge in [-0.2, -0.15) is 0 Å². The Hall–Kier alpha value is -3.42. The van der Waals surface area contributed by atoms with Gasteiger partial charge in [0.1, 0.15) is 6.04 Å². The van der Waals surface area contributed by atoms with Gasteiger partial charge in [-0.3, -0.25) is 4.79 Å². The molecular weight excluding hydrogens is 403 g/mol. The summed E-state index contributed by atoms with van der Waals surface area (Å²) in [7, 11) is 0. The van der Waals surface area contributed by atoms with E-state index in [9.17, 15) is 14.0 Å². The van der Waals surface area contributed by atoms with Crippen LogP contribution in [0.5, 0.6) is 0 Å². The SMILES string of the molecule is CC(C)[C@H](OC(=O)n1c2ccccc2c2ccccc21)C1=NC2CC(=O)OC2(CF)O1. The fraction of sp³-hybridized carbons (Fsp3) is 0.348. The molecule has 2 aliphatic heterocycles. The molecule has 3 heterocycles. The largest absolute Gasteiger partial charge is 0.435 e. The predicted octanol–water partition coefficient (Wildman–Crippen LogP) is 4.21. The summed E-state index contributed by atoms with van der Waals surface area (Å²) in [5, 5.41) is 1.87. The molecule has 8 heteroatoms. The maximum absolute atomic E-state index is 13.7. The number of fused-ring (bicyclic) bond motifs is 4. The highest BCUT2D eigenvalue weighted by atomic mass is 19.1. The summed E-state index contributed by atoms with van der Waals surface area (Å²) in [6, 6.07) is 14.4. The van der Waals surface area contributed by atoms with E-state index in [1.54, 1.807) is 0 Å². The van der Waals surface area contributed by atoms with Gasteiger partial charge in [0, 0.05) is 10.8 Å². The van der Waals surface area contributed by atoms with E-state index in [4.69, 9.17) is 14.2 Å². The maximum Gasteiger partial charge on any atom is 0.419 e. The molecule has 0 N–H and O–H groups in total. The number of esters is 1. The Morgan fingerprint density at radius 2 is 1.77 bits per heavy atom. The Kier molecular flexibility index (Phi) is 4.46. The standard InChI is InChI=1S/C23H21FN2O5/c1-13(2)20(21-25-18-11-19(27)30-23(18,12-24)31-21)29-22(28)26-16-9-5-3-7-14(16)15-8-4-6-10-17(15)26/h3-10,13,18,20H,11-12H2,1-2H3/t18?,20-,23?/m0/s1. The number of rotatable bonds is 4. The minimum absolute atomic E-state index is 0.0688. The highest BCUT2D eigenvalue weighted by molar-refractivity contribution is 6.12. The van der Waals surface area contributed by atoms with E-state index in [1.807, 2.05) is 62.4 Å². The minimum atomic E-state index is -1.75. The van der Waals surface area contributed by atoms with E-state index < -0.39 is 36.7 Å². The average Bonchev–Trinajstić information content (AvgIpc) is 3.37. The number of hydrogen-bond acceptors (Lipinski definition) is 6. The number of aliphatic imine (C=N–C) groups is 1. The van der Waals surface area contributed by atoms with Crippen LogP contribution in [0.2, 0.25) is 0 Å². The summed E-state index contributed by atoms with van der Waals surface area (Å²) in [6.07, 6.45) is -1.52. The third-order valence-corrected chi connectivity index (χ3v) is 5.74. The van der Waals surface area contributed by atoms with Gasteiger partial charge in [-0.25, -0.2) is 18.7 Å². The van der Waals surface area contributed by atoms with Gasteiger partial charge in [0.15, 0.2) is 12.8 Å². The summed E-state index contributed by atoms with van der Waals surface area (Å²) in [5.41, 5.74) is 1.44. The van der Waals surface area contributed by atoms with E-state index in [0.717, 1.165) is 21.8 Å². The first-order valence-corrected chi connectivity index (χ1v) is 10.2. The highest BCUT2D eigenvalue weighted by Crippen LogP contribution is 2.38. The molecule has 0 radical (unpaired) electrons. The van der Waals surface area contributed by atoms with Crippen LogP contribution in [0.1, 0.15) is 20.3 Å². The van der Waals surface area contributed by atoms with Crippen molar-refractivity contribution in [3.63, 3.8) is 0 Å². The molecule has 0 spiro atoms. The lowest BCUT2D eigenvalue weighted by atomic mass is 10.1. The molecule has 2 unspecified atom stereocenters. The number of para-hydroxylation sites is 2. The molecule has 0 bridgehead atoms. The van der Waals surface area contributed by atoms with Gasteiger partial charge < -0.3 is 14.2 Å². The van der Waals surface area contributed by atoms with Crippen LogP contribution in [-0.2, 0) is 19.0 Å². The van der Waals surface area contributed by atoms with Gasteiger partial charge in [-0.15, -0.1) is 0 Å². The second kappa shape index (κ2) is 7.08. The number of nitrogens with zero attached hydrogens (tertiary/aromatic N) is 2. The van der Waals surface area contributed by atoms with Gasteiger partial charge in [-0.05, 0) is 18.1 Å². The Morgan fingerprint density at radius 1 is 1.16 bits per heavy atom. The summed E-state index contributed by atoms with van der Waals surface area (Å²) < 4.78 is 31.8. The molecule has 0 saturated carbocycles. The van der Waals surface area contributed by atoms with Crippen molar-refractivity contribution in [1.29, 1.82) is 0 Å². The summed E-state index contributed by atoms with van der Waals surface area (Å²) >= 11 is 0. The minimum Gasteiger partial charge on any atom is -0.435 e. The third kappa shape index (κ3) is 2.97. The smallest absolute Gasteiger partial charge is 0.419 e. The number of ether oxygens (including phenoxy) is 3.